The first-order valence-corrected chi connectivity index (χ1v) is 6.91. The van der Waals surface area contributed by atoms with Crippen LogP contribution in [0.25, 0.3) is 0 Å². The zero-order valence-corrected chi connectivity index (χ0v) is 12.4. The van der Waals surface area contributed by atoms with Gasteiger partial charge in [0, 0.05) is 13.2 Å². The van der Waals surface area contributed by atoms with Gasteiger partial charge >= 0.3 is 0 Å². The van der Waals surface area contributed by atoms with Crippen molar-refractivity contribution < 1.29 is 4.74 Å². The van der Waals surface area contributed by atoms with E-state index >= 15 is 0 Å². The maximum atomic E-state index is 5.34. The normalized spacial score (nSPS) is 14.5. The van der Waals surface area contributed by atoms with Gasteiger partial charge < -0.3 is 10.1 Å². The molecule has 1 rings (SSSR count). The molecule has 0 radical (unpaired) electrons. The van der Waals surface area contributed by atoms with E-state index in [1.807, 2.05) is 0 Å². The number of ether oxygens (including phenoxy) is 1. The molecule has 0 bridgehead atoms. The Hall–Kier alpha value is -0.860. The highest BCUT2D eigenvalue weighted by Gasteiger charge is 2.14. The molecule has 2 nitrogen and oxygen atoms in total. The zero-order valence-electron chi connectivity index (χ0n) is 12.4. The molecule has 1 aromatic carbocycles. The van der Waals surface area contributed by atoms with Gasteiger partial charge in [-0.2, -0.15) is 0 Å². The minimum atomic E-state index is 0.330. The second-order valence-electron chi connectivity index (χ2n) is 5.09. The fourth-order valence-electron chi connectivity index (χ4n) is 2.35. The molecule has 0 aliphatic rings. The molecule has 0 fully saturated rings. The molecule has 2 atom stereocenters. The fourth-order valence-corrected chi connectivity index (χ4v) is 2.35. The molecule has 102 valence electrons. The number of methoxy groups -OCH3 is 1. The summed E-state index contributed by atoms with van der Waals surface area (Å²) in [5.41, 5.74) is 4.13. The van der Waals surface area contributed by atoms with E-state index in [1.54, 1.807) is 7.11 Å². The molecule has 0 saturated carbocycles. The highest BCUT2D eigenvalue weighted by Crippen LogP contribution is 2.24. The monoisotopic (exact) mass is 249 g/mol. The Bertz CT molecular complexity index is 362. The van der Waals surface area contributed by atoms with Gasteiger partial charge in [-0.05, 0) is 51.3 Å². The molecule has 2 unspecified atom stereocenters. The molecule has 0 spiro atoms. The quantitative estimate of drug-likeness (QED) is 0.794. The number of hydrogen-bond donors (Lipinski definition) is 1. The maximum Gasteiger partial charge on any atom is 0.0543 e. The van der Waals surface area contributed by atoms with Crippen molar-refractivity contribution in [2.24, 2.45) is 0 Å². The van der Waals surface area contributed by atoms with Crippen LogP contribution in [0.5, 0.6) is 0 Å². The van der Waals surface area contributed by atoms with Gasteiger partial charge in [-0.15, -0.1) is 0 Å². The molecule has 2 heteroatoms. The molecule has 0 aliphatic heterocycles. The summed E-state index contributed by atoms with van der Waals surface area (Å²) < 4.78 is 5.34. The van der Waals surface area contributed by atoms with Gasteiger partial charge in [-0.1, -0.05) is 30.7 Å². The first kappa shape index (κ1) is 15.2. The van der Waals surface area contributed by atoms with E-state index in [-0.39, 0.29) is 0 Å². The third-order valence-corrected chi connectivity index (χ3v) is 3.52. The Morgan fingerprint density at radius 3 is 2.50 bits per heavy atom. The van der Waals surface area contributed by atoms with Crippen molar-refractivity contribution in [3.05, 3.63) is 34.9 Å². The third kappa shape index (κ3) is 4.43. The molecule has 0 amide bonds. The third-order valence-electron chi connectivity index (χ3n) is 3.52. The SMILES string of the molecule is CCNC(CCC(C)OC)c1ccc(C)cc1C. The summed E-state index contributed by atoms with van der Waals surface area (Å²) in [5, 5.41) is 3.58. The molecule has 0 aliphatic carbocycles. The van der Waals surface area contributed by atoms with Gasteiger partial charge in [-0.25, -0.2) is 0 Å². The molecular formula is C16H27NO. The first-order valence-electron chi connectivity index (χ1n) is 6.91. The van der Waals surface area contributed by atoms with Crippen molar-refractivity contribution in [3.63, 3.8) is 0 Å². The predicted octanol–water partition coefficient (Wildman–Crippen LogP) is 3.77. The molecule has 0 aromatic heterocycles. The van der Waals surface area contributed by atoms with Crippen LogP contribution >= 0.6 is 0 Å². The molecule has 0 saturated heterocycles. The van der Waals surface area contributed by atoms with E-state index in [0.717, 1.165) is 19.4 Å². The summed E-state index contributed by atoms with van der Waals surface area (Å²) >= 11 is 0. The Kier molecular flexibility index (Phi) is 6.37. The smallest absolute Gasteiger partial charge is 0.0543 e. The van der Waals surface area contributed by atoms with E-state index < -0.39 is 0 Å². The number of hydrogen-bond acceptors (Lipinski definition) is 2. The van der Waals surface area contributed by atoms with Gasteiger partial charge in [0.25, 0.3) is 0 Å². The second-order valence-corrected chi connectivity index (χ2v) is 5.09. The lowest BCUT2D eigenvalue weighted by Gasteiger charge is -2.22. The lowest BCUT2D eigenvalue weighted by Crippen LogP contribution is -2.23. The molecule has 1 N–H and O–H groups in total. The van der Waals surface area contributed by atoms with Crippen molar-refractivity contribution in [1.29, 1.82) is 0 Å². The van der Waals surface area contributed by atoms with E-state index in [1.165, 1.54) is 16.7 Å². The highest BCUT2D eigenvalue weighted by molar-refractivity contribution is 5.32. The van der Waals surface area contributed by atoms with E-state index in [4.69, 9.17) is 4.74 Å². The van der Waals surface area contributed by atoms with E-state index in [0.29, 0.717) is 12.1 Å². The topological polar surface area (TPSA) is 21.3 Å². The van der Waals surface area contributed by atoms with Gasteiger partial charge in [0.05, 0.1) is 6.10 Å². The Labute approximate surface area is 112 Å². The van der Waals surface area contributed by atoms with Crippen LogP contribution in [0.3, 0.4) is 0 Å². The minimum Gasteiger partial charge on any atom is -0.382 e. The molecular weight excluding hydrogens is 222 g/mol. The lowest BCUT2D eigenvalue weighted by molar-refractivity contribution is 0.106. The van der Waals surface area contributed by atoms with Gasteiger partial charge in [0.2, 0.25) is 0 Å². The van der Waals surface area contributed by atoms with Crippen molar-refractivity contribution >= 4 is 0 Å². The molecule has 18 heavy (non-hydrogen) atoms. The van der Waals surface area contributed by atoms with Crippen molar-refractivity contribution in [3.8, 4) is 0 Å². The summed E-state index contributed by atoms with van der Waals surface area (Å²) in [4.78, 5) is 0. The number of nitrogens with one attached hydrogen (secondary N) is 1. The van der Waals surface area contributed by atoms with Gasteiger partial charge in [0.15, 0.2) is 0 Å². The van der Waals surface area contributed by atoms with Crippen LogP contribution in [0, 0.1) is 13.8 Å². The molecule has 0 heterocycles. The van der Waals surface area contributed by atoms with Crippen LogP contribution in [-0.2, 0) is 4.74 Å². The second kappa shape index (κ2) is 7.55. The van der Waals surface area contributed by atoms with E-state index in [2.05, 4.69) is 51.2 Å². The largest absolute Gasteiger partial charge is 0.382 e. The summed E-state index contributed by atoms with van der Waals surface area (Å²) in [6.07, 6.45) is 2.53. The average Bonchev–Trinajstić information content (AvgIpc) is 2.34. The zero-order chi connectivity index (χ0) is 13.5. The number of benzene rings is 1. The van der Waals surface area contributed by atoms with Crippen molar-refractivity contribution in [2.45, 2.75) is 52.7 Å². The fraction of sp³-hybridized carbons (Fsp3) is 0.625. The summed E-state index contributed by atoms with van der Waals surface area (Å²) in [5.74, 6) is 0. The Morgan fingerprint density at radius 1 is 1.22 bits per heavy atom. The van der Waals surface area contributed by atoms with Crippen LogP contribution in [0.15, 0.2) is 18.2 Å². The van der Waals surface area contributed by atoms with Crippen LogP contribution < -0.4 is 5.32 Å². The van der Waals surface area contributed by atoms with Crippen LogP contribution in [0.2, 0.25) is 0 Å². The Morgan fingerprint density at radius 2 is 1.94 bits per heavy atom. The maximum absolute atomic E-state index is 5.34. The van der Waals surface area contributed by atoms with Gasteiger partial charge in [-0.3, -0.25) is 0 Å². The van der Waals surface area contributed by atoms with Crippen LogP contribution in [0.4, 0.5) is 0 Å². The molecule has 1 aromatic rings. The average molecular weight is 249 g/mol. The summed E-state index contributed by atoms with van der Waals surface area (Å²) in [6.45, 7) is 9.64. The lowest BCUT2D eigenvalue weighted by atomic mass is 9.95. The predicted molar refractivity (Wildman–Crippen MR) is 78.0 cm³/mol. The highest BCUT2D eigenvalue weighted by atomic mass is 16.5. The standard InChI is InChI=1S/C16H27NO/c1-6-17-16(10-8-14(4)18-5)15-9-7-12(2)11-13(15)3/h7,9,11,14,16-17H,6,8,10H2,1-5H3. The number of rotatable bonds is 7. The van der Waals surface area contributed by atoms with Crippen LogP contribution in [0.1, 0.15) is 49.4 Å². The van der Waals surface area contributed by atoms with Crippen molar-refractivity contribution in [2.75, 3.05) is 13.7 Å². The summed E-state index contributed by atoms with van der Waals surface area (Å²) in [7, 11) is 1.78. The van der Waals surface area contributed by atoms with Gasteiger partial charge in [0.1, 0.15) is 0 Å². The van der Waals surface area contributed by atoms with E-state index in [9.17, 15) is 0 Å². The van der Waals surface area contributed by atoms with Crippen LogP contribution in [-0.4, -0.2) is 19.8 Å². The minimum absolute atomic E-state index is 0.330. The van der Waals surface area contributed by atoms with Crippen molar-refractivity contribution in [1.82, 2.24) is 5.32 Å². The number of aryl methyl sites for hydroxylation is 2. The summed E-state index contributed by atoms with van der Waals surface area (Å²) in [6, 6.07) is 7.16. The Balaban J connectivity index is 2.76. The first-order chi connectivity index (χ1) is 8.58.